The van der Waals surface area contributed by atoms with E-state index >= 15 is 0 Å². The van der Waals surface area contributed by atoms with Crippen LogP contribution < -0.4 is 37.2 Å². The number of aliphatic hydroxyl groups excluding tert-OH is 1. The molecule has 89 heavy (non-hydrogen) atoms. The van der Waals surface area contributed by atoms with Gasteiger partial charge in [0.15, 0.2) is 0 Å². The predicted octanol–water partition coefficient (Wildman–Crippen LogP) is 6.48. The number of aryl methyl sites for hydroxylation is 1. The molecule has 6 atom stereocenters. The molecule has 9 heterocycles. The Hall–Kier alpha value is -8.83. The minimum atomic E-state index is -1.66. The van der Waals surface area contributed by atoms with Crippen molar-refractivity contribution in [2.75, 3.05) is 6.54 Å². The molecule has 0 saturated carbocycles. The second-order valence-corrected chi connectivity index (χ2v) is 25.5. The van der Waals surface area contributed by atoms with E-state index in [1.165, 1.54) is 85.1 Å². The van der Waals surface area contributed by atoms with Crippen LogP contribution in [-0.4, -0.2) is 133 Å². The highest BCUT2D eigenvalue weighted by atomic mass is 32.1. The van der Waals surface area contributed by atoms with E-state index < -0.39 is 83.5 Å². The summed E-state index contributed by atoms with van der Waals surface area (Å²) in [5.41, 5.74) is 0.791. The van der Waals surface area contributed by atoms with Gasteiger partial charge in [-0.1, -0.05) is 12.2 Å². The number of thiazole rings is 6. The number of alkyl carbamates (subject to hydrolysis) is 1. The third kappa shape index (κ3) is 15.2. The first-order chi connectivity index (χ1) is 42.4. The molecule has 0 fully saturated rings. The van der Waals surface area contributed by atoms with Crippen molar-refractivity contribution in [1.82, 2.24) is 82.1 Å². The van der Waals surface area contributed by atoms with E-state index in [1.807, 2.05) is 0 Å². The third-order valence-corrected chi connectivity index (χ3v) is 18.4. The minimum Gasteiger partial charge on any atom is -0.444 e. The summed E-state index contributed by atoms with van der Waals surface area (Å²) in [6, 6.07) is -1.15. The maximum atomic E-state index is 14.5. The van der Waals surface area contributed by atoms with E-state index in [-0.39, 0.29) is 77.9 Å². The van der Waals surface area contributed by atoms with Gasteiger partial charge in [-0.2, -0.15) is 0 Å². The smallest absolute Gasteiger partial charge is 0.408 e. The molecule has 8 aromatic heterocycles. The molecule has 0 aromatic carbocycles. The lowest BCUT2D eigenvalue weighted by Crippen LogP contribution is -2.52. The summed E-state index contributed by atoms with van der Waals surface area (Å²) in [4.78, 5) is 149. The molecule has 27 nitrogen and oxygen atoms in total. The number of amides is 7. The van der Waals surface area contributed by atoms with E-state index in [0.717, 1.165) is 56.7 Å². The number of rotatable bonds is 13. The molecular formula is C56H56N16O11S6. The summed E-state index contributed by atoms with van der Waals surface area (Å²) in [5.74, 6) is -4.67. The number of ether oxygens (including phenoxy) is 1. The van der Waals surface area contributed by atoms with Gasteiger partial charge in [0.1, 0.15) is 106 Å². The number of nitrogens with zero attached hydrogens (tertiary/aromatic N) is 9. The number of nitrogens with one attached hydrogen (secondary N) is 7. The van der Waals surface area contributed by atoms with Crippen LogP contribution in [0.4, 0.5) is 4.79 Å². The number of aliphatic hydroxyl groups is 2. The monoisotopic (exact) mass is 1320 g/mol. The SMILES string of the molecule is C/C=C(\NC(=O)c1csc(-c2csc(-c3ccc4c(n3)-c3csc(n3)C(C(C)OC(=O)NC(C)c3nccnc3C)NC(=O)c3csc(n3)C(C(C)(C)O)NC(=O)c3csc(n3)/C(=C/C)NC(=O)C(C(C)O)NC(=O)c3csc-4n3)n2)n1)C(=O)NCC(C)=O. The topological polar surface area (TPSA) is 386 Å². The highest BCUT2D eigenvalue weighted by molar-refractivity contribution is 7.15. The lowest BCUT2D eigenvalue weighted by Gasteiger charge is -2.28. The first-order valence-electron chi connectivity index (χ1n) is 26.9. The Morgan fingerprint density at radius 3 is 1.97 bits per heavy atom. The van der Waals surface area contributed by atoms with Crippen molar-refractivity contribution >= 4 is 121 Å². The van der Waals surface area contributed by atoms with E-state index in [4.69, 9.17) is 19.7 Å². The fraction of sp³-hybridized carbons (Fsp3) is 0.304. The van der Waals surface area contributed by atoms with Crippen molar-refractivity contribution in [1.29, 1.82) is 0 Å². The Kier molecular flexibility index (Phi) is 20.1. The van der Waals surface area contributed by atoms with Crippen LogP contribution in [0.25, 0.3) is 49.1 Å². The van der Waals surface area contributed by atoms with Crippen molar-refractivity contribution in [3.8, 4) is 43.4 Å². The Morgan fingerprint density at radius 2 is 1.28 bits per heavy atom. The van der Waals surface area contributed by atoms with E-state index in [9.17, 15) is 48.6 Å². The molecule has 0 aliphatic carbocycles. The van der Waals surface area contributed by atoms with Crippen LogP contribution in [0.15, 0.2) is 74.7 Å². The number of hydrogen-bond donors (Lipinski definition) is 9. The zero-order valence-electron chi connectivity index (χ0n) is 48.6. The van der Waals surface area contributed by atoms with Gasteiger partial charge < -0.3 is 52.2 Å². The van der Waals surface area contributed by atoms with Gasteiger partial charge in [-0.05, 0) is 74.4 Å². The molecule has 462 valence electrons. The van der Waals surface area contributed by atoms with Crippen molar-refractivity contribution in [3.63, 3.8) is 0 Å². The van der Waals surface area contributed by atoms with Crippen molar-refractivity contribution in [2.24, 2.45) is 0 Å². The Labute approximate surface area is 531 Å². The van der Waals surface area contributed by atoms with Gasteiger partial charge in [-0.3, -0.25) is 43.5 Å². The Morgan fingerprint density at radius 1 is 0.697 bits per heavy atom. The average molecular weight is 1320 g/mol. The first kappa shape index (κ1) is 64.6. The van der Waals surface area contributed by atoms with E-state index in [2.05, 4.69) is 67.1 Å². The minimum absolute atomic E-state index is 0.00342. The van der Waals surface area contributed by atoms with Crippen LogP contribution in [0.2, 0.25) is 0 Å². The number of Topliss-reactive ketones (excluding diaryl/α,β-unsaturated/α-hetero) is 1. The molecule has 0 saturated heterocycles. The molecule has 33 heteroatoms. The number of carbonyl (C=O) groups excluding carboxylic acids is 8. The normalized spacial score (nSPS) is 17.4. The number of fused-ring (bicyclic) bond motifs is 11. The first-order valence-corrected chi connectivity index (χ1v) is 32.2. The second kappa shape index (κ2) is 27.7. The largest absolute Gasteiger partial charge is 0.444 e. The molecule has 8 bridgehead atoms. The van der Waals surface area contributed by atoms with Crippen LogP contribution in [0, 0.1) is 6.92 Å². The van der Waals surface area contributed by atoms with Gasteiger partial charge in [-0.25, -0.2) is 39.7 Å². The van der Waals surface area contributed by atoms with Crippen LogP contribution in [0.5, 0.6) is 0 Å². The lowest BCUT2D eigenvalue weighted by atomic mass is 9.99. The Bertz CT molecular complexity index is 4100. The predicted molar refractivity (Wildman–Crippen MR) is 334 cm³/mol. The zero-order chi connectivity index (χ0) is 64.0. The molecule has 8 aromatic rings. The standard InChI is InChI=1S/C56H56N16O11S6/c1-10-29(43(75)59-16-23(3)73)62-44(76)33-19-86-52(67-33)37-22-87-51(69-37)31-13-12-28-41(61-31)32-17-88-53(64-32)40(27(7)83-55(81)60-25(5)38-24(4)57-14-15-58-38)71-46(78)35-21-89-54(68-35)42(56(8,9)82)72-47(79)36-20-85-50(66-36)30(11-2)63-48(80)39(26(6)74)70-45(77)34-18-84-49(28)65-34/h10-15,17-22,25-27,39-40,42,74,82H,16H2,1-9H3,(H,59,75)(H,60,81)(H,62,76)(H,63,80)(H,70,77)(H,71,78)(H,72,79)/b29-10-,30-11-. The van der Waals surface area contributed by atoms with Crippen molar-refractivity contribution in [3.05, 3.63) is 124 Å². The summed E-state index contributed by atoms with van der Waals surface area (Å²) in [7, 11) is 0. The average Bonchev–Trinajstić information content (AvgIpc) is 4.17. The number of aromatic nitrogens is 9. The van der Waals surface area contributed by atoms with E-state index in [0.29, 0.717) is 38.4 Å². The highest BCUT2D eigenvalue weighted by Crippen LogP contribution is 2.39. The van der Waals surface area contributed by atoms with Crippen molar-refractivity contribution in [2.45, 2.75) is 104 Å². The van der Waals surface area contributed by atoms with Gasteiger partial charge in [0.25, 0.3) is 29.5 Å². The van der Waals surface area contributed by atoms with Gasteiger partial charge in [-0.15, -0.1) is 68.0 Å². The highest BCUT2D eigenvalue weighted by Gasteiger charge is 2.36. The van der Waals surface area contributed by atoms with Crippen molar-refractivity contribution < 1.29 is 53.3 Å². The van der Waals surface area contributed by atoms with Crippen LogP contribution >= 0.6 is 68.0 Å². The molecule has 0 spiro atoms. The third-order valence-electron chi connectivity index (χ3n) is 13.1. The zero-order valence-corrected chi connectivity index (χ0v) is 53.5. The van der Waals surface area contributed by atoms with Crippen LogP contribution in [0.3, 0.4) is 0 Å². The summed E-state index contributed by atoms with van der Waals surface area (Å²) in [5, 5.41) is 52.0. The molecule has 9 N–H and O–H groups in total. The van der Waals surface area contributed by atoms with Gasteiger partial charge in [0, 0.05) is 50.2 Å². The van der Waals surface area contributed by atoms with Crippen LogP contribution in [0.1, 0.15) is 142 Å². The number of pyridine rings is 1. The molecule has 7 amide bonds. The fourth-order valence-corrected chi connectivity index (χ4v) is 13.8. The molecule has 1 aliphatic rings. The maximum absolute atomic E-state index is 14.5. The number of hydrogen-bond acceptors (Lipinski definition) is 26. The fourth-order valence-electron chi connectivity index (χ4n) is 8.52. The van der Waals surface area contributed by atoms with Crippen LogP contribution in [-0.2, 0) is 19.1 Å². The van der Waals surface area contributed by atoms with E-state index in [1.54, 1.807) is 57.5 Å². The summed E-state index contributed by atoms with van der Waals surface area (Å²) in [6.07, 6.45) is 2.52. The van der Waals surface area contributed by atoms with Gasteiger partial charge >= 0.3 is 6.09 Å². The summed E-state index contributed by atoms with van der Waals surface area (Å²) < 4.78 is 5.98. The molecule has 0 radical (unpaired) electrons. The number of allylic oxidation sites excluding steroid dienone is 2. The van der Waals surface area contributed by atoms with Gasteiger partial charge in [0.2, 0.25) is 5.91 Å². The molecule has 1 aliphatic heterocycles. The Balaban J connectivity index is 1.11. The molecular weight excluding hydrogens is 1270 g/mol. The second-order valence-electron chi connectivity index (χ2n) is 20.3. The number of ketones is 1. The van der Waals surface area contributed by atoms with Gasteiger partial charge in [0.05, 0.1) is 47.1 Å². The molecule has 6 unspecified atom stereocenters. The summed E-state index contributed by atoms with van der Waals surface area (Å²) in [6.45, 7) is 13.5. The molecule has 9 rings (SSSR count). The maximum Gasteiger partial charge on any atom is 0.408 e. The number of carbonyl (C=O) groups is 8. The quantitative estimate of drug-likeness (QED) is 0.0557. The summed E-state index contributed by atoms with van der Waals surface area (Å²) >= 11 is 6.52. The lowest BCUT2D eigenvalue weighted by molar-refractivity contribution is -0.124.